The number of anilines is 2. The van der Waals surface area contributed by atoms with E-state index in [2.05, 4.69) is 39.7 Å². The molecule has 0 aliphatic heterocycles. The fourth-order valence-corrected chi connectivity index (χ4v) is 2.09. The van der Waals surface area contributed by atoms with Crippen LogP contribution in [0.3, 0.4) is 0 Å². The Bertz CT molecular complexity index is 528. The molecule has 0 radical (unpaired) electrons. The number of carbonyl (C=O) groups is 2. The number of hydrogen-bond acceptors (Lipinski definition) is 4. The van der Waals surface area contributed by atoms with Crippen LogP contribution in [0.25, 0.3) is 0 Å². The molecule has 134 valence electrons. The minimum absolute atomic E-state index is 0.0848. The summed E-state index contributed by atoms with van der Waals surface area (Å²) in [6.07, 6.45) is 2.45. The lowest BCUT2D eigenvalue weighted by Crippen LogP contribution is -2.48. The maximum absolute atomic E-state index is 12.0. The van der Waals surface area contributed by atoms with Crippen molar-refractivity contribution >= 4 is 23.4 Å². The zero-order valence-electron chi connectivity index (χ0n) is 15.2. The number of urea groups is 1. The highest BCUT2D eigenvalue weighted by atomic mass is 16.2. The van der Waals surface area contributed by atoms with Crippen LogP contribution in [0.2, 0.25) is 0 Å². The average Bonchev–Trinajstić information content (AvgIpc) is 2.57. The lowest BCUT2D eigenvalue weighted by molar-refractivity contribution is -0.123. The number of amides is 3. The van der Waals surface area contributed by atoms with Crippen molar-refractivity contribution in [2.45, 2.75) is 53.1 Å². The third kappa shape index (κ3) is 6.06. The molecule has 0 fully saturated rings. The van der Waals surface area contributed by atoms with Crippen molar-refractivity contribution in [1.82, 2.24) is 15.6 Å². The highest BCUT2D eigenvalue weighted by Gasteiger charge is 2.17. The molecule has 0 bridgehead atoms. The van der Waals surface area contributed by atoms with Crippen molar-refractivity contribution < 1.29 is 9.59 Å². The quantitative estimate of drug-likeness (QED) is 0.681. The molecular formula is C17H29N5O2. The summed E-state index contributed by atoms with van der Waals surface area (Å²) in [5, 5.41) is 8.14. The molecule has 1 aromatic heterocycles. The molecule has 0 unspecified atom stereocenters. The fourth-order valence-electron chi connectivity index (χ4n) is 2.09. The molecule has 1 aromatic rings. The summed E-state index contributed by atoms with van der Waals surface area (Å²) in [7, 11) is 0. The highest BCUT2D eigenvalue weighted by molar-refractivity contribution is 5.93. The minimum Gasteiger partial charge on any atom is -0.357 e. The standard InChI is InChI=1S/C17H29N5O2/c1-6-12(4)19-16(23)13(5)20-17(24)21-14-9-10-15(18-11-14)22(7-2)8-3/h9-13H,6-8H2,1-5H3,(H,19,23)(H2,20,21,24)/t12-,13-/m0/s1. The van der Waals surface area contributed by atoms with Gasteiger partial charge in [-0.2, -0.15) is 0 Å². The molecule has 3 N–H and O–H groups in total. The number of nitrogens with zero attached hydrogens (tertiary/aromatic N) is 2. The summed E-state index contributed by atoms with van der Waals surface area (Å²) in [4.78, 5) is 30.3. The molecule has 0 aliphatic rings. The smallest absolute Gasteiger partial charge is 0.319 e. The van der Waals surface area contributed by atoms with Crippen molar-refractivity contribution in [3.8, 4) is 0 Å². The lowest BCUT2D eigenvalue weighted by atomic mass is 10.2. The van der Waals surface area contributed by atoms with Gasteiger partial charge in [-0.3, -0.25) is 4.79 Å². The van der Waals surface area contributed by atoms with Crippen molar-refractivity contribution in [2.24, 2.45) is 0 Å². The Labute approximate surface area is 144 Å². The molecule has 0 spiro atoms. The van der Waals surface area contributed by atoms with E-state index in [1.807, 2.05) is 19.9 Å². The van der Waals surface area contributed by atoms with E-state index in [0.29, 0.717) is 5.69 Å². The number of rotatable bonds is 8. The minimum atomic E-state index is -0.609. The number of hydrogen-bond donors (Lipinski definition) is 3. The van der Waals surface area contributed by atoms with Gasteiger partial charge in [0.05, 0.1) is 11.9 Å². The van der Waals surface area contributed by atoms with Crippen LogP contribution in [0.4, 0.5) is 16.3 Å². The number of aromatic nitrogens is 1. The first-order valence-corrected chi connectivity index (χ1v) is 8.50. The predicted molar refractivity (Wildman–Crippen MR) is 97.3 cm³/mol. The van der Waals surface area contributed by atoms with E-state index >= 15 is 0 Å². The predicted octanol–water partition coefficient (Wildman–Crippen LogP) is 2.35. The van der Waals surface area contributed by atoms with E-state index in [1.165, 1.54) is 0 Å². The summed E-state index contributed by atoms with van der Waals surface area (Å²) in [6.45, 7) is 11.4. The summed E-state index contributed by atoms with van der Waals surface area (Å²) < 4.78 is 0. The largest absolute Gasteiger partial charge is 0.357 e. The van der Waals surface area contributed by atoms with E-state index in [1.54, 1.807) is 19.2 Å². The molecule has 0 saturated heterocycles. The van der Waals surface area contributed by atoms with E-state index in [0.717, 1.165) is 25.3 Å². The van der Waals surface area contributed by atoms with Gasteiger partial charge in [0.25, 0.3) is 0 Å². The zero-order valence-corrected chi connectivity index (χ0v) is 15.2. The Morgan fingerprint density at radius 3 is 2.29 bits per heavy atom. The number of carbonyl (C=O) groups excluding carboxylic acids is 2. The van der Waals surface area contributed by atoms with Crippen LogP contribution in [-0.2, 0) is 4.79 Å². The maximum Gasteiger partial charge on any atom is 0.319 e. The fraction of sp³-hybridized carbons (Fsp3) is 0.588. The molecule has 1 rings (SSSR count). The molecule has 0 saturated carbocycles. The van der Waals surface area contributed by atoms with Gasteiger partial charge in [-0.25, -0.2) is 9.78 Å². The molecule has 7 heteroatoms. The Morgan fingerprint density at radius 2 is 1.79 bits per heavy atom. The van der Waals surface area contributed by atoms with Crippen LogP contribution in [0.5, 0.6) is 0 Å². The van der Waals surface area contributed by atoms with Gasteiger partial charge in [0.15, 0.2) is 0 Å². The van der Waals surface area contributed by atoms with E-state index in [-0.39, 0.29) is 11.9 Å². The molecule has 3 amide bonds. The van der Waals surface area contributed by atoms with Gasteiger partial charge in [-0.1, -0.05) is 6.92 Å². The molecule has 2 atom stereocenters. The van der Waals surface area contributed by atoms with Crippen molar-refractivity contribution in [2.75, 3.05) is 23.3 Å². The van der Waals surface area contributed by atoms with Crippen LogP contribution < -0.4 is 20.9 Å². The van der Waals surface area contributed by atoms with Crippen LogP contribution in [0.1, 0.15) is 41.0 Å². The second kappa shape index (κ2) is 9.75. The second-order valence-corrected chi connectivity index (χ2v) is 5.72. The Hall–Kier alpha value is -2.31. The van der Waals surface area contributed by atoms with Crippen LogP contribution in [0.15, 0.2) is 18.3 Å². The molecular weight excluding hydrogens is 306 g/mol. The van der Waals surface area contributed by atoms with Gasteiger partial charge < -0.3 is 20.9 Å². The van der Waals surface area contributed by atoms with Crippen molar-refractivity contribution in [3.63, 3.8) is 0 Å². The number of nitrogens with one attached hydrogen (secondary N) is 3. The average molecular weight is 335 g/mol. The molecule has 0 aliphatic carbocycles. The van der Waals surface area contributed by atoms with E-state index in [9.17, 15) is 9.59 Å². The Kier molecular flexibility index (Phi) is 8.01. The van der Waals surface area contributed by atoms with Gasteiger partial charge in [-0.15, -0.1) is 0 Å². The maximum atomic E-state index is 12.0. The SMILES string of the molecule is CC[C@H](C)NC(=O)[C@H](C)NC(=O)Nc1ccc(N(CC)CC)nc1. The first-order chi connectivity index (χ1) is 11.4. The van der Waals surface area contributed by atoms with E-state index in [4.69, 9.17) is 0 Å². The topological polar surface area (TPSA) is 86.4 Å². The second-order valence-electron chi connectivity index (χ2n) is 5.72. The molecule has 24 heavy (non-hydrogen) atoms. The van der Waals surface area contributed by atoms with Gasteiger partial charge in [-0.05, 0) is 46.2 Å². The molecule has 7 nitrogen and oxygen atoms in total. The third-order valence-electron chi connectivity index (χ3n) is 3.84. The van der Waals surface area contributed by atoms with Crippen LogP contribution in [0, 0.1) is 0 Å². The Balaban J connectivity index is 2.54. The van der Waals surface area contributed by atoms with Gasteiger partial charge in [0, 0.05) is 19.1 Å². The van der Waals surface area contributed by atoms with Crippen molar-refractivity contribution in [3.05, 3.63) is 18.3 Å². The summed E-state index contributed by atoms with van der Waals surface area (Å²) in [5.41, 5.74) is 0.581. The molecule has 0 aromatic carbocycles. The summed E-state index contributed by atoms with van der Waals surface area (Å²) in [5.74, 6) is 0.668. The van der Waals surface area contributed by atoms with Crippen LogP contribution in [-0.4, -0.2) is 42.1 Å². The third-order valence-corrected chi connectivity index (χ3v) is 3.84. The highest BCUT2D eigenvalue weighted by Crippen LogP contribution is 2.13. The molecule has 1 heterocycles. The summed E-state index contributed by atoms with van der Waals surface area (Å²) in [6, 6.07) is 2.70. The van der Waals surface area contributed by atoms with Gasteiger partial charge in [0.1, 0.15) is 11.9 Å². The van der Waals surface area contributed by atoms with Gasteiger partial charge in [0.2, 0.25) is 5.91 Å². The number of pyridine rings is 1. The normalized spacial score (nSPS) is 12.9. The first-order valence-electron chi connectivity index (χ1n) is 8.50. The summed E-state index contributed by atoms with van der Waals surface area (Å²) >= 11 is 0. The lowest BCUT2D eigenvalue weighted by Gasteiger charge is -2.20. The Morgan fingerprint density at radius 1 is 1.12 bits per heavy atom. The van der Waals surface area contributed by atoms with E-state index < -0.39 is 12.1 Å². The van der Waals surface area contributed by atoms with Gasteiger partial charge >= 0.3 is 6.03 Å². The first kappa shape index (κ1) is 19.7. The monoisotopic (exact) mass is 335 g/mol. The van der Waals surface area contributed by atoms with Crippen LogP contribution >= 0.6 is 0 Å². The zero-order chi connectivity index (χ0) is 18.1. The van der Waals surface area contributed by atoms with Crippen molar-refractivity contribution in [1.29, 1.82) is 0 Å².